The Hall–Kier alpha value is -2.08. The van der Waals surface area contributed by atoms with Crippen molar-refractivity contribution in [1.82, 2.24) is 9.88 Å². The molecule has 0 aliphatic rings. The van der Waals surface area contributed by atoms with Crippen molar-refractivity contribution >= 4 is 47.7 Å². The molecule has 0 aliphatic heterocycles. The molecule has 156 valence electrons. The summed E-state index contributed by atoms with van der Waals surface area (Å²) in [6.45, 7) is 4.07. The van der Waals surface area contributed by atoms with E-state index in [0.29, 0.717) is 12.8 Å². The van der Waals surface area contributed by atoms with Gasteiger partial charge >= 0.3 is 0 Å². The third-order valence-electron chi connectivity index (χ3n) is 4.87. The molecule has 0 radical (unpaired) electrons. The molecule has 1 heterocycles. The van der Waals surface area contributed by atoms with Crippen LogP contribution in [-0.2, 0) is 11.2 Å². The first-order valence-electron chi connectivity index (χ1n) is 9.09. The Labute approximate surface area is 189 Å². The van der Waals surface area contributed by atoms with E-state index in [1.807, 2.05) is 61.3 Å². The van der Waals surface area contributed by atoms with Gasteiger partial charge in [0.1, 0.15) is 5.01 Å². The number of benzene rings is 2. The summed E-state index contributed by atoms with van der Waals surface area (Å²) in [5, 5.41) is 0.993. The van der Waals surface area contributed by atoms with Crippen LogP contribution in [0.25, 0.3) is 10.6 Å². The van der Waals surface area contributed by atoms with E-state index in [4.69, 9.17) is 10.7 Å². The van der Waals surface area contributed by atoms with Crippen molar-refractivity contribution < 1.29 is 4.79 Å². The first-order chi connectivity index (χ1) is 13.0. The summed E-state index contributed by atoms with van der Waals surface area (Å²) in [6, 6.07) is 17.8. The van der Waals surface area contributed by atoms with Gasteiger partial charge in [0.15, 0.2) is 0 Å². The van der Waals surface area contributed by atoms with Crippen LogP contribution in [0.15, 0.2) is 54.6 Å². The average Bonchev–Trinajstić information content (AvgIpc) is 3.08. The highest BCUT2D eigenvalue weighted by Crippen LogP contribution is 2.34. The molecule has 3 rings (SSSR count). The van der Waals surface area contributed by atoms with E-state index < -0.39 is 0 Å². The SMILES string of the molecule is Cc1nc(-c2ccccc2)sc1C(C)N(C)C(=O)CCc1ccccc1N.Cl.Cl. The van der Waals surface area contributed by atoms with E-state index in [1.165, 1.54) is 0 Å². The van der Waals surface area contributed by atoms with Crippen LogP contribution in [0.3, 0.4) is 0 Å². The molecule has 29 heavy (non-hydrogen) atoms. The number of para-hydroxylation sites is 1. The topological polar surface area (TPSA) is 59.2 Å². The van der Waals surface area contributed by atoms with Crippen LogP contribution in [-0.4, -0.2) is 22.8 Å². The van der Waals surface area contributed by atoms with Crippen molar-refractivity contribution in [2.75, 3.05) is 12.8 Å². The lowest BCUT2D eigenvalue weighted by molar-refractivity contribution is -0.131. The molecule has 0 aliphatic carbocycles. The summed E-state index contributed by atoms with van der Waals surface area (Å²) in [7, 11) is 1.86. The number of nitrogens with two attached hydrogens (primary N) is 1. The van der Waals surface area contributed by atoms with Gasteiger partial charge in [0.2, 0.25) is 5.91 Å². The minimum atomic E-state index is -0.0133. The first-order valence-corrected chi connectivity index (χ1v) is 9.90. The number of anilines is 1. The van der Waals surface area contributed by atoms with E-state index >= 15 is 0 Å². The number of carbonyl (C=O) groups excluding carboxylic acids is 1. The fourth-order valence-corrected chi connectivity index (χ4v) is 4.24. The van der Waals surface area contributed by atoms with E-state index in [0.717, 1.165) is 32.4 Å². The summed E-state index contributed by atoms with van der Waals surface area (Å²) in [5.74, 6) is 0.111. The number of aryl methyl sites for hydroxylation is 2. The summed E-state index contributed by atoms with van der Waals surface area (Å²) < 4.78 is 0. The van der Waals surface area contributed by atoms with Crippen molar-refractivity contribution in [2.45, 2.75) is 32.7 Å². The number of nitrogens with zero attached hydrogens (tertiary/aromatic N) is 2. The van der Waals surface area contributed by atoms with Gasteiger partial charge in [-0.3, -0.25) is 4.79 Å². The minimum absolute atomic E-state index is 0. The second-order valence-corrected chi connectivity index (χ2v) is 7.74. The number of nitrogen functional groups attached to an aromatic ring is 1. The molecule has 1 unspecified atom stereocenters. The number of carbonyl (C=O) groups is 1. The summed E-state index contributed by atoms with van der Waals surface area (Å²) in [5.41, 5.74) is 9.84. The smallest absolute Gasteiger partial charge is 0.223 e. The fraction of sp³-hybridized carbons (Fsp3) is 0.273. The molecule has 7 heteroatoms. The van der Waals surface area contributed by atoms with Gasteiger partial charge in [-0.25, -0.2) is 4.98 Å². The zero-order chi connectivity index (χ0) is 19.4. The molecular weight excluding hydrogens is 425 g/mol. The van der Waals surface area contributed by atoms with Gasteiger partial charge in [-0.05, 0) is 31.9 Å². The molecule has 4 nitrogen and oxygen atoms in total. The van der Waals surface area contributed by atoms with Gasteiger partial charge in [-0.2, -0.15) is 0 Å². The zero-order valence-electron chi connectivity index (χ0n) is 16.8. The van der Waals surface area contributed by atoms with E-state index in [9.17, 15) is 4.79 Å². The van der Waals surface area contributed by atoms with Crippen molar-refractivity contribution in [1.29, 1.82) is 0 Å². The molecule has 0 fully saturated rings. The Morgan fingerprint density at radius 3 is 2.38 bits per heavy atom. The number of hydrogen-bond donors (Lipinski definition) is 1. The quantitative estimate of drug-likeness (QED) is 0.489. The standard InChI is InChI=1S/C22H25N3OS.2ClH/c1-15-21(27-22(24-15)18-10-5-4-6-11-18)16(2)25(3)20(26)14-13-17-9-7-8-12-19(17)23;;/h4-12,16H,13-14,23H2,1-3H3;2*1H. The highest BCUT2D eigenvalue weighted by Gasteiger charge is 2.22. The lowest BCUT2D eigenvalue weighted by Crippen LogP contribution is -2.29. The third kappa shape index (κ3) is 5.95. The van der Waals surface area contributed by atoms with Gasteiger partial charge < -0.3 is 10.6 Å². The predicted octanol–water partition coefficient (Wildman–Crippen LogP) is 5.70. The molecule has 0 bridgehead atoms. The number of halogens is 2. The van der Waals surface area contributed by atoms with Crippen LogP contribution < -0.4 is 5.73 Å². The maximum absolute atomic E-state index is 12.7. The Balaban J connectivity index is 0.00000210. The van der Waals surface area contributed by atoms with Crippen LogP contribution in [0, 0.1) is 6.92 Å². The Bertz CT molecular complexity index is 931. The van der Waals surface area contributed by atoms with Crippen molar-refractivity contribution in [3.8, 4) is 10.6 Å². The van der Waals surface area contributed by atoms with Gasteiger partial charge in [-0.1, -0.05) is 48.5 Å². The molecular formula is C22H27Cl2N3OS. The van der Waals surface area contributed by atoms with Gasteiger partial charge in [-0.15, -0.1) is 36.2 Å². The summed E-state index contributed by atoms with van der Waals surface area (Å²) >= 11 is 1.66. The van der Waals surface area contributed by atoms with Gasteiger partial charge in [0, 0.05) is 24.7 Å². The van der Waals surface area contributed by atoms with Crippen LogP contribution in [0.5, 0.6) is 0 Å². The molecule has 1 amide bonds. The highest BCUT2D eigenvalue weighted by molar-refractivity contribution is 7.15. The van der Waals surface area contributed by atoms with E-state index in [2.05, 4.69) is 19.1 Å². The predicted molar refractivity (Wildman–Crippen MR) is 127 cm³/mol. The highest BCUT2D eigenvalue weighted by atomic mass is 35.5. The molecule has 0 saturated heterocycles. The number of rotatable bonds is 6. The monoisotopic (exact) mass is 451 g/mol. The van der Waals surface area contributed by atoms with Crippen LogP contribution in [0.2, 0.25) is 0 Å². The maximum Gasteiger partial charge on any atom is 0.223 e. The van der Waals surface area contributed by atoms with Crippen LogP contribution >= 0.6 is 36.2 Å². The minimum Gasteiger partial charge on any atom is -0.399 e. The molecule has 0 spiro atoms. The number of thiazole rings is 1. The van der Waals surface area contributed by atoms with Crippen molar-refractivity contribution in [3.63, 3.8) is 0 Å². The van der Waals surface area contributed by atoms with Crippen LogP contribution in [0.4, 0.5) is 5.69 Å². The summed E-state index contributed by atoms with van der Waals surface area (Å²) in [4.78, 5) is 20.4. The Morgan fingerprint density at radius 2 is 1.72 bits per heavy atom. The third-order valence-corrected chi connectivity index (χ3v) is 6.25. The van der Waals surface area contributed by atoms with Gasteiger partial charge in [0.25, 0.3) is 0 Å². The molecule has 2 N–H and O–H groups in total. The molecule has 2 aromatic carbocycles. The zero-order valence-corrected chi connectivity index (χ0v) is 19.2. The largest absolute Gasteiger partial charge is 0.399 e. The normalized spacial score (nSPS) is 11.1. The van der Waals surface area contributed by atoms with Crippen LogP contribution in [0.1, 0.15) is 35.5 Å². The van der Waals surface area contributed by atoms with E-state index in [-0.39, 0.29) is 36.8 Å². The van der Waals surface area contributed by atoms with Crippen molar-refractivity contribution in [3.05, 3.63) is 70.7 Å². The van der Waals surface area contributed by atoms with Crippen molar-refractivity contribution in [2.24, 2.45) is 0 Å². The number of amides is 1. The Kier molecular flexibility index (Phi) is 9.63. The lowest BCUT2D eigenvalue weighted by Gasteiger charge is -2.24. The maximum atomic E-state index is 12.7. The van der Waals surface area contributed by atoms with Gasteiger partial charge in [0.05, 0.1) is 16.6 Å². The Morgan fingerprint density at radius 1 is 1.10 bits per heavy atom. The molecule has 0 saturated carbocycles. The average molecular weight is 452 g/mol. The molecule has 1 atom stereocenters. The second-order valence-electron chi connectivity index (χ2n) is 6.71. The van der Waals surface area contributed by atoms with E-state index in [1.54, 1.807) is 11.3 Å². The number of aromatic nitrogens is 1. The lowest BCUT2D eigenvalue weighted by atomic mass is 10.1. The molecule has 3 aromatic rings. The fourth-order valence-electron chi connectivity index (χ4n) is 3.07. The molecule has 1 aromatic heterocycles. The number of hydrogen-bond acceptors (Lipinski definition) is 4. The second kappa shape index (κ2) is 11.2. The first kappa shape index (κ1) is 25.0. The summed E-state index contributed by atoms with van der Waals surface area (Å²) in [6.07, 6.45) is 1.10.